The minimum Gasteiger partial charge on any atom is -0.435 e. The summed E-state index contributed by atoms with van der Waals surface area (Å²) in [5.41, 5.74) is 5.72. The molecule has 0 aliphatic heterocycles. The third-order valence-electron chi connectivity index (χ3n) is 3.86. The summed E-state index contributed by atoms with van der Waals surface area (Å²) in [6, 6.07) is 10.5. The standard InChI is InChI=1S/C20H20F4N4O2/c1-11(25)16(17(26)27-13-6-8-15(9-7-13)30-19(21)22)18(29)28-14-5-3-4-12(10-14)20(2,23)24/h3-10,19,25,27H,26H2,1-2H3,(H,28,29)/b17-16+,25-11?. The number of ether oxygens (including phenoxy) is 1. The average Bonchev–Trinajstić information content (AvgIpc) is 2.62. The van der Waals surface area contributed by atoms with Crippen LogP contribution in [0.25, 0.3) is 0 Å². The zero-order valence-electron chi connectivity index (χ0n) is 16.1. The molecule has 2 aromatic carbocycles. The largest absolute Gasteiger partial charge is 0.435 e. The van der Waals surface area contributed by atoms with Crippen LogP contribution >= 0.6 is 0 Å². The van der Waals surface area contributed by atoms with E-state index in [1.54, 1.807) is 0 Å². The van der Waals surface area contributed by atoms with Crippen LogP contribution < -0.4 is 21.1 Å². The minimum atomic E-state index is -3.09. The Morgan fingerprint density at radius 2 is 1.73 bits per heavy atom. The van der Waals surface area contributed by atoms with Gasteiger partial charge in [-0.05, 0) is 43.3 Å². The van der Waals surface area contributed by atoms with Gasteiger partial charge in [-0.2, -0.15) is 8.78 Å². The van der Waals surface area contributed by atoms with Crippen LogP contribution in [0.5, 0.6) is 5.75 Å². The lowest BCUT2D eigenvalue weighted by molar-refractivity contribution is -0.112. The van der Waals surface area contributed by atoms with E-state index in [-0.39, 0.29) is 34.1 Å². The lowest BCUT2D eigenvalue weighted by Crippen LogP contribution is -2.26. The highest BCUT2D eigenvalue weighted by molar-refractivity contribution is 6.24. The molecule has 10 heteroatoms. The Hall–Kier alpha value is -3.56. The van der Waals surface area contributed by atoms with E-state index in [4.69, 9.17) is 11.1 Å². The van der Waals surface area contributed by atoms with Gasteiger partial charge in [0.05, 0.1) is 0 Å². The number of rotatable bonds is 8. The Morgan fingerprint density at radius 1 is 1.10 bits per heavy atom. The van der Waals surface area contributed by atoms with Gasteiger partial charge in [-0.1, -0.05) is 12.1 Å². The third-order valence-corrected chi connectivity index (χ3v) is 3.86. The number of benzene rings is 2. The van der Waals surface area contributed by atoms with E-state index < -0.39 is 18.4 Å². The molecule has 1 amide bonds. The number of amides is 1. The molecule has 5 N–H and O–H groups in total. The summed E-state index contributed by atoms with van der Waals surface area (Å²) in [7, 11) is 0. The lowest BCUT2D eigenvalue weighted by atomic mass is 10.1. The average molecular weight is 424 g/mol. The van der Waals surface area contributed by atoms with Crippen molar-refractivity contribution in [3.8, 4) is 5.75 Å². The van der Waals surface area contributed by atoms with Crippen molar-refractivity contribution >= 4 is 23.0 Å². The summed E-state index contributed by atoms with van der Waals surface area (Å²) in [6.07, 6.45) is 0. The second-order valence-corrected chi connectivity index (χ2v) is 6.36. The molecule has 0 heterocycles. The van der Waals surface area contributed by atoms with Crippen LogP contribution in [0.3, 0.4) is 0 Å². The molecule has 0 saturated heterocycles. The van der Waals surface area contributed by atoms with Gasteiger partial charge in [0.2, 0.25) is 0 Å². The number of hydrogen-bond acceptors (Lipinski definition) is 5. The number of carbonyl (C=O) groups excluding carboxylic acids is 1. The molecule has 0 saturated carbocycles. The molecule has 30 heavy (non-hydrogen) atoms. The molecule has 0 aromatic heterocycles. The van der Waals surface area contributed by atoms with Crippen LogP contribution in [-0.4, -0.2) is 18.2 Å². The van der Waals surface area contributed by atoms with Gasteiger partial charge in [-0.15, -0.1) is 0 Å². The molecular formula is C20H20F4N4O2. The molecule has 0 atom stereocenters. The second-order valence-electron chi connectivity index (χ2n) is 6.36. The van der Waals surface area contributed by atoms with Crippen molar-refractivity contribution in [1.29, 1.82) is 5.41 Å². The number of nitrogens with two attached hydrogens (primary N) is 1. The van der Waals surface area contributed by atoms with E-state index in [1.165, 1.54) is 49.4 Å². The van der Waals surface area contributed by atoms with Crippen molar-refractivity contribution in [3.05, 3.63) is 65.5 Å². The van der Waals surface area contributed by atoms with E-state index in [0.29, 0.717) is 5.69 Å². The lowest BCUT2D eigenvalue weighted by Gasteiger charge is -2.15. The van der Waals surface area contributed by atoms with Crippen molar-refractivity contribution in [2.45, 2.75) is 26.4 Å². The summed E-state index contributed by atoms with van der Waals surface area (Å²) in [4.78, 5) is 12.6. The monoisotopic (exact) mass is 424 g/mol. The zero-order chi connectivity index (χ0) is 22.5. The molecule has 6 nitrogen and oxygen atoms in total. The maximum atomic E-state index is 13.5. The van der Waals surface area contributed by atoms with Crippen molar-refractivity contribution in [3.63, 3.8) is 0 Å². The Morgan fingerprint density at radius 3 is 2.27 bits per heavy atom. The quantitative estimate of drug-likeness (QED) is 0.281. The number of alkyl halides is 4. The summed E-state index contributed by atoms with van der Waals surface area (Å²) < 4.78 is 55.6. The van der Waals surface area contributed by atoms with Crippen LogP contribution in [0.15, 0.2) is 59.9 Å². The highest BCUT2D eigenvalue weighted by Gasteiger charge is 2.25. The Kier molecular flexibility index (Phi) is 7.04. The normalized spacial score (nSPS) is 12.2. The smallest absolute Gasteiger partial charge is 0.387 e. The summed E-state index contributed by atoms with van der Waals surface area (Å²) >= 11 is 0. The van der Waals surface area contributed by atoms with Gasteiger partial charge in [0, 0.05) is 29.6 Å². The number of halogens is 4. The zero-order valence-corrected chi connectivity index (χ0v) is 16.1. The van der Waals surface area contributed by atoms with E-state index >= 15 is 0 Å². The molecule has 0 fully saturated rings. The highest BCUT2D eigenvalue weighted by Crippen LogP contribution is 2.28. The van der Waals surface area contributed by atoms with Crippen LogP contribution in [0.1, 0.15) is 19.4 Å². The first-order valence-electron chi connectivity index (χ1n) is 8.64. The van der Waals surface area contributed by atoms with Crippen molar-refractivity contribution in [1.82, 2.24) is 0 Å². The first-order chi connectivity index (χ1) is 14.0. The van der Waals surface area contributed by atoms with Gasteiger partial charge in [-0.25, -0.2) is 8.78 Å². The van der Waals surface area contributed by atoms with E-state index in [9.17, 15) is 22.4 Å². The van der Waals surface area contributed by atoms with E-state index in [1.807, 2.05) is 0 Å². The molecule has 160 valence electrons. The summed E-state index contributed by atoms with van der Waals surface area (Å²) in [5.74, 6) is -4.11. The molecule has 0 spiro atoms. The SMILES string of the molecule is CC(=N)/C(C(=O)Nc1cccc(C(C)(F)F)c1)=C(/N)Nc1ccc(OC(F)F)cc1. The first kappa shape index (κ1) is 22.7. The number of carbonyl (C=O) groups is 1. The fraction of sp³-hybridized carbons (Fsp3) is 0.200. The fourth-order valence-electron chi connectivity index (χ4n) is 2.50. The third kappa shape index (κ3) is 6.23. The van der Waals surface area contributed by atoms with Gasteiger partial charge in [0.15, 0.2) is 0 Å². The van der Waals surface area contributed by atoms with Crippen molar-refractivity contribution in [2.24, 2.45) is 5.73 Å². The predicted octanol–water partition coefficient (Wildman–Crippen LogP) is 4.66. The molecule has 0 radical (unpaired) electrons. The van der Waals surface area contributed by atoms with E-state index in [0.717, 1.165) is 13.0 Å². The fourth-order valence-corrected chi connectivity index (χ4v) is 2.50. The molecule has 0 aliphatic rings. The van der Waals surface area contributed by atoms with Crippen molar-refractivity contribution < 1.29 is 27.1 Å². The molecule has 2 aromatic rings. The van der Waals surface area contributed by atoms with Crippen molar-refractivity contribution in [2.75, 3.05) is 10.6 Å². The Labute approximate surface area is 170 Å². The topological polar surface area (TPSA) is 100 Å². The number of hydrogen-bond donors (Lipinski definition) is 4. The molecule has 0 unspecified atom stereocenters. The van der Waals surface area contributed by atoms with Crippen LogP contribution in [0.2, 0.25) is 0 Å². The minimum absolute atomic E-state index is 0.0630. The van der Waals surface area contributed by atoms with Crippen LogP contribution in [0, 0.1) is 5.41 Å². The summed E-state index contributed by atoms with van der Waals surface area (Å²) in [5, 5.41) is 13.0. The van der Waals surface area contributed by atoms with Gasteiger partial charge >= 0.3 is 6.61 Å². The molecule has 0 aliphatic carbocycles. The Bertz CT molecular complexity index is 954. The Balaban J connectivity index is 2.21. The van der Waals surface area contributed by atoms with Gasteiger partial charge in [0.25, 0.3) is 11.8 Å². The number of anilines is 2. The maximum absolute atomic E-state index is 13.5. The van der Waals surface area contributed by atoms with Gasteiger partial charge in [-0.3, -0.25) is 4.79 Å². The second kappa shape index (κ2) is 9.29. The van der Waals surface area contributed by atoms with Crippen LogP contribution in [0.4, 0.5) is 28.9 Å². The molecule has 0 bridgehead atoms. The summed E-state index contributed by atoms with van der Waals surface area (Å²) in [6.45, 7) is -0.893. The first-order valence-corrected chi connectivity index (χ1v) is 8.64. The van der Waals surface area contributed by atoms with E-state index in [2.05, 4.69) is 15.4 Å². The van der Waals surface area contributed by atoms with Gasteiger partial charge in [0.1, 0.15) is 17.1 Å². The maximum Gasteiger partial charge on any atom is 0.387 e. The highest BCUT2D eigenvalue weighted by atomic mass is 19.3. The van der Waals surface area contributed by atoms with Gasteiger partial charge < -0.3 is 26.5 Å². The molecule has 2 rings (SSSR count). The number of nitrogens with one attached hydrogen (secondary N) is 3. The van der Waals surface area contributed by atoms with Crippen LogP contribution in [-0.2, 0) is 10.7 Å². The molecular weight excluding hydrogens is 404 g/mol. The predicted molar refractivity (Wildman–Crippen MR) is 106 cm³/mol.